The lowest BCUT2D eigenvalue weighted by Gasteiger charge is -2.34. The van der Waals surface area contributed by atoms with Gasteiger partial charge < -0.3 is 20.3 Å². The first-order chi connectivity index (χ1) is 17.6. The molecule has 1 aliphatic carbocycles. The summed E-state index contributed by atoms with van der Waals surface area (Å²) < 4.78 is 6.41. The molecule has 186 valence electrons. The van der Waals surface area contributed by atoms with Gasteiger partial charge in [0.25, 0.3) is 0 Å². The van der Waals surface area contributed by atoms with Gasteiger partial charge in [0.15, 0.2) is 0 Å². The number of hydrogen-bond donors (Lipinski definition) is 2. The number of fused-ring (bicyclic) bond motifs is 1. The van der Waals surface area contributed by atoms with E-state index in [0.29, 0.717) is 5.69 Å². The molecule has 5 atom stereocenters. The van der Waals surface area contributed by atoms with Gasteiger partial charge in [-0.15, -0.1) is 0 Å². The summed E-state index contributed by atoms with van der Waals surface area (Å²) in [6.45, 7) is 0.225. The molecule has 3 aliphatic heterocycles. The van der Waals surface area contributed by atoms with Crippen LogP contribution in [0, 0.1) is 11.8 Å². The van der Waals surface area contributed by atoms with E-state index in [1.165, 1.54) is 6.42 Å². The van der Waals surface area contributed by atoms with Crippen molar-refractivity contribution in [1.29, 1.82) is 0 Å². The van der Waals surface area contributed by atoms with Gasteiger partial charge in [-0.3, -0.25) is 19.4 Å². The highest BCUT2D eigenvalue weighted by molar-refractivity contribution is 6.02. The standard InChI is InChI=1S/C28H30N4O4/c33-25(30-19-9-3-1-4-10-19)22-21-13-14-28(36-21)23(22)27(35)32(17-18-8-7-15-29-16-18)24(28)26(34)31-20-11-5-2-6-12-20/h1,3-4,7-10,13-16,20-24H,2,5-6,11-12,17H2,(H,30,33)(H,31,34)/t21-,22-,23+,24-,28+/m1/s1. The molecule has 2 saturated heterocycles. The van der Waals surface area contributed by atoms with Crippen molar-refractivity contribution in [3.63, 3.8) is 0 Å². The molecule has 2 aromatic rings. The van der Waals surface area contributed by atoms with Crippen LogP contribution in [0.1, 0.15) is 37.7 Å². The number of para-hydroxylation sites is 1. The molecule has 2 N–H and O–H groups in total. The number of pyridine rings is 1. The Morgan fingerprint density at radius 2 is 1.86 bits per heavy atom. The zero-order valence-electron chi connectivity index (χ0n) is 20.0. The van der Waals surface area contributed by atoms with Gasteiger partial charge in [0.2, 0.25) is 17.7 Å². The SMILES string of the molecule is O=C(Nc1ccccc1)[C@H]1[C@H]2C(=O)N(Cc3cccnc3)[C@H](C(=O)NC3CCCCC3)[C@]23C=C[C@H]1O3. The van der Waals surface area contributed by atoms with Gasteiger partial charge in [-0.2, -0.15) is 0 Å². The molecule has 8 heteroatoms. The molecular formula is C28H30N4O4. The maximum atomic E-state index is 14.0. The van der Waals surface area contributed by atoms with Crippen molar-refractivity contribution in [3.8, 4) is 0 Å². The maximum absolute atomic E-state index is 14.0. The minimum Gasteiger partial charge on any atom is -0.359 e. The molecule has 1 aromatic heterocycles. The molecular weight excluding hydrogens is 456 g/mol. The zero-order valence-corrected chi connectivity index (χ0v) is 20.0. The van der Waals surface area contributed by atoms with E-state index in [2.05, 4.69) is 15.6 Å². The summed E-state index contributed by atoms with van der Waals surface area (Å²) in [5.74, 6) is -2.20. The Hall–Kier alpha value is -3.52. The van der Waals surface area contributed by atoms with Crippen LogP contribution in [-0.2, 0) is 25.7 Å². The fourth-order valence-electron chi connectivity index (χ4n) is 6.40. The Kier molecular flexibility index (Phi) is 5.84. The van der Waals surface area contributed by atoms with Crippen LogP contribution in [-0.4, -0.2) is 51.4 Å². The number of carbonyl (C=O) groups is 3. The van der Waals surface area contributed by atoms with Crippen molar-refractivity contribution >= 4 is 23.4 Å². The topological polar surface area (TPSA) is 101 Å². The van der Waals surface area contributed by atoms with Gasteiger partial charge in [-0.1, -0.05) is 55.7 Å². The molecule has 0 radical (unpaired) electrons. The summed E-state index contributed by atoms with van der Waals surface area (Å²) in [5.41, 5.74) is 0.315. The van der Waals surface area contributed by atoms with E-state index in [1.54, 1.807) is 17.3 Å². The fraction of sp³-hybridized carbons (Fsp3) is 0.429. The average Bonchev–Trinajstić information content (AvgIpc) is 3.53. The third kappa shape index (κ3) is 3.80. The van der Waals surface area contributed by atoms with E-state index in [4.69, 9.17) is 4.74 Å². The first-order valence-corrected chi connectivity index (χ1v) is 12.8. The second-order valence-corrected chi connectivity index (χ2v) is 10.2. The summed E-state index contributed by atoms with van der Waals surface area (Å²) in [5, 5.41) is 6.15. The summed E-state index contributed by atoms with van der Waals surface area (Å²) >= 11 is 0. The van der Waals surface area contributed by atoms with Gasteiger partial charge >= 0.3 is 0 Å². The molecule has 3 fully saturated rings. The van der Waals surface area contributed by atoms with E-state index in [9.17, 15) is 14.4 Å². The average molecular weight is 487 g/mol. The highest BCUT2D eigenvalue weighted by atomic mass is 16.5. The minimum atomic E-state index is -1.17. The largest absolute Gasteiger partial charge is 0.359 e. The molecule has 1 spiro atoms. The number of carbonyl (C=O) groups excluding carboxylic acids is 3. The number of hydrogen-bond acceptors (Lipinski definition) is 5. The Morgan fingerprint density at radius 3 is 2.61 bits per heavy atom. The first kappa shape index (κ1) is 22.9. The third-order valence-corrected chi connectivity index (χ3v) is 7.99. The highest BCUT2D eigenvalue weighted by Crippen LogP contribution is 2.55. The first-order valence-electron chi connectivity index (χ1n) is 12.8. The second-order valence-electron chi connectivity index (χ2n) is 10.2. The van der Waals surface area contributed by atoms with E-state index in [-0.39, 0.29) is 30.3 Å². The number of nitrogens with one attached hydrogen (secondary N) is 2. The minimum absolute atomic E-state index is 0.0943. The Bertz CT molecular complexity index is 1180. The molecule has 1 saturated carbocycles. The quantitative estimate of drug-likeness (QED) is 0.612. The van der Waals surface area contributed by atoms with Gasteiger partial charge in [0.1, 0.15) is 11.6 Å². The number of benzene rings is 1. The molecule has 36 heavy (non-hydrogen) atoms. The van der Waals surface area contributed by atoms with E-state index in [1.807, 2.05) is 54.6 Å². The number of nitrogens with zero attached hydrogens (tertiary/aromatic N) is 2. The number of ether oxygens (including phenoxy) is 1. The molecule has 2 bridgehead atoms. The van der Waals surface area contributed by atoms with Crippen LogP contribution >= 0.6 is 0 Å². The van der Waals surface area contributed by atoms with Gasteiger partial charge in [0.05, 0.1) is 17.9 Å². The summed E-state index contributed by atoms with van der Waals surface area (Å²) in [7, 11) is 0. The highest BCUT2D eigenvalue weighted by Gasteiger charge is 2.72. The predicted molar refractivity (Wildman–Crippen MR) is 132 cm³/mol. The monoisotopic (exact) mass is 486 g/mol. The smallest absolute Gasteiger partial charge is 0.246 e. The molecule has 4 aliphatic rings. The van der Waals surface area contributed by atoms with Crippen LogP contribution in [0.15, 0.2) is 67.0 Å². The predicted octanol–water partition coefficient (Wildman–Crippen LogP) is 2.82. The summed E-state index contributed by atoms with van der Waals surface area (Å²) in [6.07, 6.45) is 11.7. The molecule has 1 aromatic carbocycles. The van der Waals surface area contributed by atoms with E-state index in [0.717, 1.165) is 31.2 Å². The Morgan fingerprint density at radius 1 is 1.06 bits per heavy atom. The number of aromatic nitrogens is 1. The van der Waals surface area contributed by atoms with E-state index >= 15 is 0 Å². The van der Waals surface area contributed by atoms with Crippen molar-refractivity contribution in [1.82, 2.24) is 15.2 Å². The number of rotatable bonds is 6. The number of amides is 3. The molecule has 3 amide bonds. The fourth-order valence-corrected chi connectivity index (χ4v) is 6.40. The Balaban J connectivity index is 1.33. The lowest BCUT2D eigenvalue weighted by molar-refractivity contribution is -0.142. The number of anilines is 1. The van der Waals surface area contributed by atoms with Crippen LogP contribution in [0.3, 0.4) is 0 Å². The van der Waals surface area contributed by atoms with Crippen LogP contribution in [0.5, 0.6) is 0 Å². The van der Waals surface area contributed by atoms with Gasteiger partial charge in [0, 0.05) is 30.7 Å². The zero-order chi connectivity index (χ0) is 24.7. The van der Waals surface area contributed by atoms with Crippen molar-refractivity contribution in [2.45, 2.75) is 62.4 Å². The van der Waals surface area contributed by atoms with Crippen molar-refractivity contribution in [2.75, 3.05) is 5.32 Å². The maximum Gasteiger partial charge on any atom is 0.246 e. The summed E-state index contributed by atoms with van der Waals surface area (Å²) in [4.78, 5) is 47.0. The van der Waals surface area contributed by atoms with Crippen molar-refractivity contribution in [2.24, 2.45) is 11.8 Å². The van der Waals surface area contributed by atoms with Crippen molar-refractivity contribution in [3.05, 3.63) is 72.6 Å². The van der Waals surface area contributed by atoms with Crippen LogP contribution in [0.4, 0.5) is 5.69 Å². The lowest BCUT2D eigenvalue weighted by atomic mass is 9.74. The van der Waals surface area contributed by atoms with Crippen molar-refractivity contribution < 1.29 is 19.1 Å². The number of likely N-dealkylation sites (tertiary alicyclic amines) is 1. The van der Waals surface area contributed by atoms with Crippen LogP contribution < -0.4 is 10.6 Å². The molecule has 0 unspecified atom stereocenters. The molecule has 8 nitrogen and oxygen atoms in total. The Labute approximate surface area is 210 Å². The second kappa shape index (κ2) is 9.17. The van der Waals surface area contributed by atoms with Crippen LogP contribution in [0.25, 0.3) is 0 Å². The van der Waals surface area contributed by atoms with E-state index < -0.39 is 29.6 Å². The van der Waals surface area contributed by atoms with Crippen LogP contribution in [0.2, 0.25) is 0 Å². The van der Waals surface area contributed by atoms with Gasteiger partial charge in [-0.05, 0) is 36.6 Å². The molecule has 6 rings (SSSR count). The van der Waals surface area contributed by atoms with Gasteiger partial charge in [-0.25, -0.2) is 0 Å². The lowest BCUT2D eigenvalue weighted by Crippen LogP contribution is -2.56. The summed E-state index contributed by atoms with van der Waals surface area (Å²) in [6, 6.07) is 12.1. The third-order valence-electron chi connectivity index (χ3n) is 7.99. The normalized spacial score (nSPS) is 30.9. The molecule has 4 heterocycles.